The summed E-state index contributed by atoms with van der Waals surface area (Å²) in [5.41, 5.74) is 5.06. The smallest absolute Gasteiger partial charge is 0.406 e. The van der Waals surface area contributed by atoms with Gasteiger partial charge in [0.2, 0.25) is 5.82 Å². The van der Waals surface area contributed by atoms with Crippen molar-refractivity contribution < 1.29 is 22.4 Å². The maximum atomic E-state index is 12.4. The summed E-state index contributed by atoms with van der Waals surface area (Å²) in [6, 6.07) is 11.1. The van der Waals surface area contributed by atoms with E-state index < -0.39 is 6.36 Å². The summed E-state index contributed by atoms with van der Waals surface area (Å²) >= 11 is 1.69. The normalized spacial score (nSPS) is 11.7. The number of thiazole rings is 1. The van der Waals surface area contributed by atoms with Gasteiger partial charge in [-0.2, -0.15) is 10.1 Å². The fraction of sp³-hybridized carbons (Fsp3) is 0.269. The molecule has 0 radical (unpaired) electrons. The highest BCUT2D eigenvalue weighted by Crippen LogP contribution is 2.27. The van der Waals surface area contributed by atoms with Crippen molar-refractivity contribution in [2.24, 2.45) is 0 Å². The first-order valence-electron chi connectivity index (χ1n) is 11.8. The van der Waals surface area contributed by atoms with E-state index in [9.17, 15) is 13.2 Å². The first kappa shape index (κ1) is 25.6. The minimum absolute atomic E-state index is 0.213. The standard InChI is InChI=1S/C26H23F3N6O2S/c1-16-15-38-23(31-16)5-3-4-20-13-18(10-11-30-20)14-35-17(2)12-22(33-35)25-32-24(34-37-25)19-6-8-21(9-7-19)36-26(27,28)29/h6-13,15H,3-5,14H2,1-2H3. The Morgan fingerprint density at radius 3 is 2.58 bits per heavy atom. The second kappa shape index (κ2) is 10.7. The molecule has 0 N–H and O–H groups in total. The number of ether oxygens (including phenoxy) is 1. The molecule has 0 saturated carbocycles. The Bertz CT molecular complexity index is 1520. The van der Waals surface area contributed by atoms with Crippen LogP contribution >= 0.6 is 11.3 Å². The molecular formula is C26H23F3N6O2S. The molecule has 0 amide bonds. The van der Waals surface area contributed by atoms with E-state index in [1.165, 1.54) is 24.3 Å². The SMILES string of the molecule is Cc1csc(CCCc2cc(Cn3nc(-c4nc(-c5ccc(OC(F)(F)F)cc5)no4)cc3C)ccn2)n1. The zero-order valence-corrected chi connectivity index (χ0v) is 21.4. The van der Waals surface area contributed by atoms with Gasteiger partial charge in [-0.3, -0.25) is 9.67 Å². The average molecular weight is 541 g/mol. The van der Waals surface area contributed by atoms with Crippen LogP contribution in [-0.2, 0) is 19.4 Å². The molecule has 0 aliphatic rings. The predicted octanol–water partition coefficient (Wildman–Crippen LogP) is 6.19. The Morgan fingerprint density at radius 2 is 1.84 bits per heavy atom. The highest BCUT2D eigenvalue weighted by Gasteiger charge is 2.31. The summed E-state index contributed by atoms with van der Waals surface area (Å²) in [5.74, 6) is 0.121. The van der Waals surface area contributed by atoms with Gasteiger partial charge in [-0.25, -0.2) is 4.98 Å². The molecule has 0 spiro atoms. The van der Waals surface area contributed by atoms with E-state index in [0.29, 0.717) is 17.8 Å². The van der Waals surface area contributed by atoms with Gasteiger partial charge in [0.15, 0.2) is 5.69 Å². The third-order valence-corrected chi connectivity index (χ3v) is 6.70. The molecule has 0 aliphatic carbocycles. The van der Waals surface area contributed by atoms with Gasteiger partial charge in [0.05, 0.1) is 11.6 Å². The maximum absolute atomic E-state index is 12.4. The van der Waals surface area contributed by atoms with E-state index in [1.54, 1.807) is 11.3 Å². The molecule has 38 heavy (non-hydrogen) atoms. The molecule has 0 unspecified atom stereocenters. The van der Waals surface area contributed by atoms with Crippen LogP contribution in [0.2, 0.25) is 0 Å². The van der Waals surface area contributed by atoms with E-state index in [4.69, 9.17) is 4.52 Å². The van der Waals surface area contributed by atoms with Crippen molar-refractivity contribution >= 4 is 11.3 Å². The number of hydrogen-bond acceptors (Lipinski definition) is 8. The highest BCUT2D eigenvalue weighted by molar-refractivity contribution is 7.09. The van der Waals surface area contributed by atoms with Crippen LogP contribution in [-0.4, -0.2) is 36.3 Å². The predicted molar refractivity (Wildman–Crippen MR) is 135 cm³/mol. The number of aryl methyl sites for hydroxylation is 4. The molecule has 12 heteroatoms. The van der Waals surface area contributed by atoms with E-state index in [0.717, 1.165) is 46.9 Å². The van der Waals surface area contributed by atoms with Crippen molar-refractivity contribution in [2.75, 3.05) is 0 Å². The van der Waals surface area contributed by atoms with Gasteiger partial charge in [-0.15, -0.1) is 24.5 Å². The van der Waals surface area contributed by atoms with Crippen molar-refractivity contribution in [1.29, 1.82) is 0 Å². The summed E-state index contributed by atoms with van der Waals surface area (Å²) in [4.78, 5) is 13.4. The average Bonchev–Trinajstić information content (AvgIpc) is 3.60. The van der Waals surface area contributed by atoms with Crippen molar-refractivity contribution in [2.45, 2.75) is 46.0 Å². The number of benzene rings is 1. The number of alkyl halides is 3. The fourth-order valence-electron chi connectivity index (χ4n) is 3.90. The van der Waals surface area contributed by atoms with Crippen LogP contribution in [0.4, 0.5) is 13.2 Å². The number of hydrogen-bond donors (Lipinski definition) is 0. The van der Waals surface area contributed by atoms with Crippen LogP contribution in [0.25, 0.3) is 23.0 Å². The molecule has 5 rings (SSSR count). The van der Waals surface area contributed by atoms with Gasteiger partial charge in [0.25, 0.3) is 5.89 Å². The number of pyridine rings is 1. The summed E-state index contributed by atoms with van der Waals surface area (Å²) in [6.07, 6.45) is -0.163. The monoisotopic (exact) mass is 540 g/mol. The lowest BCUT2D eigenvalue weighted by atomic mass is 10.1. The Morgan fingerprint density at radius 1 is 1.03 bits per heavy atom. The molecule has 8 nitrogen and oxygen atoms in total. The lowest BCUT2D eigenvalue weighted by molar-refractivity contribution is -0.274. The van der Waals surface area contributed by atoms with Crippen LogP contribution in [0, 0.1) is 13.8 Å². The van der Waals surface area contributed by atoms with Gasteiger partial charge in [-0.1, -0.05) is 5.16 Å². The van der Waals surface area contributed by atoms with Crippen LogP contribution in [0.5, 0.6) is 5.75 Å². The van der Waals surface area contributed by atoms with Gasteiger partial charge >= 0.3 is 6.36 Å². The Hall–Kier alpha value is -4.06. The first-order valence-corrected chi connectivity index (χ1v) is 12.7. The van der Waals surface area contributed by atoms with Gasteiger partial charge in [-0.05, 0) is 81.1 Å². The third kappa shape index (κ3) is 6.43. The summed E-state index contributed by atoms with van der Waals surface area (Å²) in [5, 5.41) is 11.8. The Balaban J connectivity index is 1.23. The van der Waals surface area contributed by atoms with Crippen molar-refractivity contribution in [1.82, 2.24) is 29.9 Å². The number of aromatic nitrogens is 6. The molecule has 0 atom stereocenters. The summed E-state index contributed by atoms with van der Waals surface area (Å²) in [7, 11) is 0. The topological polar surface area (TPSA) is 91.8 Å². The molecule has 0 saturated heterocycles. The van der Waals surface area contributed by atoms with Crippen LogP contribution in [0.15, 0.2) is 58.6 Å². The van der Waals surface area contributed by atoms with Crippen LogP contribution in [0.1, 0.15) is 34.1 Å². The van der Waals surface area contributed by atoms with Crippen LogP contribution in [0.3, 0.4) is 0 Å². The first-order chi connectivity index (χ1) is 18.2. The van der Waals surface area contributed by atoms with E-state index >= 15 is 0 Å². The minimum Gasteiger partial charge on any atom is -0.406 e. The number of nitrogens with zero attached hydrogens (tertiary/aromatic N) is 6. The number of rotatable bonds is 9. The molecule has 0 fully saturated rings. The largest absolute Gasteiger partial charge is 0.573 e. The highest BCUT2D eigenvalue weighted by atomic mass is 32.1. The minimum atomic E-state index is -4.75. The molecule has 0 bridgehead atoms. The fourth-order valence-corrected chi connectivity index (χ4v) is 4.72. The molecule has 0 aliphatic heterocycles. The third-order valence-electron chi connectivity index (χ3n) is 5.68. The Kier molecular flexibility index (Phi) is 7.23. The second-order valence-electron chi connectivity index (χ2n) is 8.72. The van der Waals surface area contributed by atoms with Crippen LogP contribution < -0.4 is 4.74 Å². The lowest BCUT2D eigenvalue weighted by Crippen LogP contribution is -2.16. The van der Waals surface area contributed by atoms with Gasteiger partial charge in [0, 0.05) is 34.2 Å². The Labute approximate surface area is 220 Å². The van der Waals surface area contributed by atoms with E-state index in [1.807, 2.05) is 36.9 Å². The van der Waals surface area contributed by atoms with Gasteiger partial charge < -0.3 is 9.26 Å². The zero-order valence-electron chi connectivity index (χ0n) is 20.6. The molecule has 1 aromatic carbocycles. The summed E-state index contributed by atoms with van der Waals surface area (Å²) in [6.45, 7) is 4.49. The molecule has 4 aromatic heterocycles. The van der Waals surface area contributed by atoms with Crippen molar-refractivity contribution in [3.8, 4) is 28.7 Å². The molecule has 5 aromatic rings. The molecule has 4 heterocycles. The van der Waals surface area contributed by atoms with Gasteiger partial charge in [0.1, 0.15) is 5.75 Å². The number of halogens is 3. The molecule has 196 valence electrons. The zero-order chi connectivity index (χ0) is 26.7. The summed E-state index contributed by atoms with van der Waals surface area (Å²) < 4.78 is 48.3. The van der Waals surface area contributed by atoms with Crippen molar-refractivity contribution in [3.63, 3.8) is 0 Å². The van der Waals surface area contributed by atoms with E-state index in [-0.39, 0.29) is 17.5 Å². The van der Waals surface area contributed by atoms with Crippen molar-refractivity contribution in [3.05, 3.63) is 81.7 Å². The lowest BCUT2D eigenvalue weighted by Gasteiger charge is -2.08. The quantitative estimate of drug-likeness (QED) is 0.220. The molecular weight excluding hydrogens is 517 g/mol. The second-order valence-corrected chi connectivity index (χ2v) is 9.66. The van der Waals surface area contributed by atoms with E-state index in [2.05, 4.69) is 41.4 Å². The maximum Gasteiger partial charge on any atom is 0.573 e.